The number of carbonyl (C=O) groups excluding carboxylic acids is 2. The molecule has 0 saturated carbocycles. The highest BCUT2D eigenvalue weighted by molar-refractivity contribution is 5.92. The summed E-state index contributed by atoms with van der Waals surface area (Å²) >= 11 is 0. The average Bonchev–Trinajstić information content (AvgIpc) is 3.42. The number of carbonyl (C=O) groups is 3. The molecule has 1 aliphatic heterocycles. The van der Waals surface area contributed by atoms with Gasteiger partial charge in [0, 0.05) is 12.5 Å². The molecular formula is C28H34N2O5. The first-order valence-corrected chi connectivity index (χ1v) is 12.4. The molecule has 1 unspecified atom stereocenters. The minimum absolute atomic E-state index is 0.0780. The minimum atomic E-state index is -1.21. The number of benzene rings is 2. The molecule has 7 heteroatoms. The summed E-state index contributed by atoms with van der Waals surface area (Å²) in [7, 11) is 0. The van der Waals surface area contributed by atoms with Crippen molar-refractivity contribution in [2.75, 3.05) is 13.2 Å². The van der Waals surface area contributed by atoms with Crippen molar-refractivity contribution < 1.29 is 24.2 Å². The number of hydrogen-bond donors (Lipinski definition) is 2. The highest BCUT2D eigenvalue weighted by Gasteiger charge is 2.50. The van der Waals surface area contributed by atoms with Gasteiger partial charge >= 0.3 is 12.1 Å². The zero-order valence-corrected chi connectivity index (χ0v) is 20.6. The summed E-state index contributed by atoms with van der Waals surface area (Å²) in [5, 5.41) is 12.6. The van der Waals surface area contributed by atoms with Gasteiger partial charge in [-0.05, 0) is 53.9 Å². The third-order valence-corrected chi connectivity index (χ3v) is 7.38. The second-order valence-corrected chi connectivity index (χ2v) is 9.94. The van der Waals surface area contributed by atoms with Gasteiger partial charge in [-0.3, -0.25) is 4.79 Å². The summed E-state index contributed by atoms with van der Waals surface area (Å²) in [4.78, 5) is 39.9. The molecule has 2 aromatic carbocycles. The Morgan fingerprint density at radius 1 is 1.09 bits per heavy atom. The molecule has 4 rings (SSSR count). The van der Waals surface area contributed by atoms with Crippen LogP contribution in [0.4, 0.5) is 4.79 Å². The summed E-state index contributed by atoms with van der Waals surface area (Å²) < 4.78 is 5.65. The van der Waals surface area contributed by atoms with Crippen molar-refractivity contribution >= 4 is 18.0 Å². The lowest BCUT2D eigenvalue weighted by Gasteiger charge is -2.36. The zero-order chi connectivity index (χ0) is 25.2. The molecule has 0 aromatic heterocycles. The molecule has 0 radical (unpaired) electrons. The number of likely N-dealkylation sites (tertiary alicyclic amines) is 1. The Morgan fingerprint density at radius 2 is 1.69 bits per heavy atom. The fraction of sp³-hybridized carbons (Fsp3) is 0.464. The maximum atomic E-state index is 13.5. The van der Waals surface area contributed by atoms with E-state index in [4.69, 9.17) is 4.74 Å². The smallest absolute Gasteiger partial charge is 0.407 e. The maximum absolute atomic E-state index is 13.5. The molecule has 2 atom stereocenters. The fourth-order valence-electron chi connectivity index (χ4n) is 5.60. The van der Waals surface area contributed by atoms with E-state index in [1.54, 1.807) is 6.92 Å². The molecule has 186 valence electrons. The summed E-state index contributed by atoms with van der Waals surface area (Å²) in [6.45, 7) is 6.25. The van der Waals surface area contributed by atoms with Crippen molar-refractivity contribution in [3.05, 3.63) is 59.7 Å². The molecule has 2 aromatic rings. The van der Waals surface area contributed by atoms with Crippen LogP contribution in [-0.2, 0) is 14.3 Å². The number of alkyl carbamates (subject to hydrolysis) is 1. The summed E-state index contributed by atoms with van der Waals surface area (Å²) in [5.41, 5.74) is 3.30. The monoisotopic (exact) mass is 478 g/mol. The molecule has 1 fully saturated rings. The predicted octanol–water partition coefficient (Wildman–Crippen LogP) is 4.80. The van der Waals surface area contributed by atoms with Gasteiger partial charge in [0.15, 0.2) is 0 Å². The molecule has 2 aliphatic rings. The molecule has 2 N–H and O–H groups in total. The van der Waals surface area contributed by atoms with Gasteiger partial charge in [0.1, 0.15) is 18.2 Å². The molecule has 35 heavy (non-hydrogen) atoms. The third kappa shape index (κ3) is 4.64. The van der Waals surface area contributed by atoms with E-state index in [1.807, 2.05) is 38.1 Å². The predicted molar refractivity (Wildman–Crippen MR) is 133 cm³/mol. The second-order valence-electron chi connectivity index (χ2n) is 9.94. The van der Waals surface area contributed by atoms with Crippen LogP contribution in [0.15, 0.2) is 48.5 Å². The number of hydrogen-bond acceptors (Lipinski definition) is 4. The van der Waals surface area contributed by atoms with Crippen LogP contribution >= 0.6 is 0 Å². The molecule has 7 nitrogen and oxygen atoms in total. The van der Waals surface area contributed by atoms with Gasteiger partial charge in [0.05, 0.1) is 0 Å². The van der Waals surface area contributed by atoms with E-state index in [0.717, 1.165) is 22.3 Å². The molecule has 1 heterocycles. The number of fused-ring (bicyclic) bond motifs is 3. The molecule has 1 aliphatic carbocycles. The Hall–Kier alpha value is -3.35. The van der Waals surface area contributed by atoms with E-state index >= 15 is 0 Å². The Balaban J connectivity index is 1.47. The lowest BCUT2D eigenvalue weighted by molar-refractivity contribution is -0.157. The van der Waals surface area contributed by atoms with Gasteiger partial charge in [-0.15, -0.1) is 0 Å². The molecule has 2 amide bonds. The van der Waals surface area contributed by atoms with Crippen molar-refractivity contribution in [1.29, 1.82) is 0 Å². The number of rotatable bonds is 8. The number of aliphatic carboxylic acids is 1. The Bertz CT molecular complexity index is 1070. The summed E-state index contributed by atoms with van der Waals surface area (Å²) in [6.07, 6.45) is 1.11. The van der Waals surface area contributed by atoms with E-state index in [2.05, 4.69) is 29.6 Å². The van der Waals surface area contributed by atoms with Crippen molar-refractivity contribution in [3.63, 3.8) is 0 Å². The van der Waals surface area contributed by atoms with Gasteiger partial charge in [0.2, 0.25) is 5.91 Å². The normalized spacial score (nSPS) is 19.8. The van der Waals surface area contributed by atoms with Crippen molar-refractivity contribution in [2.24, 2.45) is 5.92 Å². The Morgan fingerprint density at radius 3 is 2.23 bits per heavy atom. The lowest BCUT2D eigenvalue weighted by Crippen LogP contribution is -2.58. The Kier molecular flexibility index (Phi) is 7.15. The second kappa shape index (κ2) is 10.1. The van der Waals surface area contributed by atoms with Crippen LogP contribution in [0.1, 0.15) is 63.5 Å². The van der Waals surface area contributed by atoms with E-state index in [9.17, 15) is 19.5 Å². The largest absolute Gasteiger partial charge is 0.479 e. The molecule has 0 bridgehead atoms. The lowest BCUT2D eigenvalue weighted by atomic mass is 9.91. The van der Waals surface area contributed by atoms with Crippen LogP contribution in [0.25, 0.3) is 11.1 Å². The zero-order valence-electron chi connectivity index (χ0n) is 20.6. The fourth-order valence-corrected chi connectivity index (χ4v) is 5.60. The average molecular weight is 479 g/mol. The minimum Gasteiger partial charge on any atom is -0.479 e. The topological polar surface area (TPSA) is 95.9 Å². The van der Waals surface area contributed by atoms with Crippen molar-refractivity contribution in [3.8, 4) is 11.1 Å². The van der Waals surface area contributed by atoms with Crippen LogP contribution in [0, 0.1) is 5.92 Å². The first-order valence-electron chi connectivity index (χ1n) is 12.4. The quantitative estimate of drug-likeness (QED) is 0.568. The van der Waals surface area contributed by atoms with Crippen LogP contribution < -0.4 is 5.32 Å². The summed E-state index contributed by atoms with van der Waals surface area (Å²) in [5.74, 6) is -1.30. The Labute approximate surface area is 206 Å². The van der Waals surface area contributed by atoms with Crippen molar-refractivity contribution in [2.45, 2.75) is 64.0 Å². The van der Waals surface area contributed by atoms with E-state index in [1.165, 1.54) is 4.90 Å². The van der Waals surface area contributed by atoms with Gasteiger partial charge in [-0.2, -0.15) is 0 Å². The number of nitrogens with zero attached hydrogens (tertiary/aromatic N) is 1. The van der Waals surface area contributed by atoms with Gasteiger partial charge < -0.3 is 20.1 Å². The number of carboxylic acids is 1. The van der Waals surface area contributed by atoms with Crippen LogP contribution in [0.2, 0.25) is 0 Å². The van der Waals surface area contributed by atoms with E-state index in [-0.39, 0.29) is 24.3 Å². The number of amides is 2. The van der Waals surface area contributed by atoms with E-state index < -0.39 is 23.6 Å². The standard InChI is InChI=1S/C28H34N2O5/c1-4-28(26(32)33)14-9-15-30(28)25(31)24(16-18(2)3)29-27(34)35-17-23-21-12-7-5-10-19(21)20-11-6-8-13-22(20)23/h5-8,10-13,18,23-24H,4,9,14-17H2,1-3H3,(H,29,34)(H,32,33)/t24-,28?/m0/s1. The van der Waals surface area contributed by atoms with Gasteiger partial charge in [-0.1, -0.05) is 69.3 Å². The number of nitrogens with one attached hydrogen (secondary N) is 1. The van der Waals surface area contributed by atoms with Crippen LogP contribution in [0.5, 0.6) is 0 Å². The SMILES string of the molecule is CCC1(C(=O)O)CCCN1C(=O)[C@H](CC(C)C)NC(=O)OCC1c2ccccc2-c2ccccc21. The first-order chi connectivity index (χ1) is 16.8. The first kappa shape index (κ1) is 24.8. The molecule has 1 saturated heterocycles. The highest BCUT2D eigenvalue weighted by atomic mass is 16.5. The maximum Gasteiger partial charge on any atom is 0.407 e. The summed E-state index contributed by atoms with van der Waals surface area (Å²) in [6, 6.07) is 15.4. The van der Waals surface area contributed by atoms with Crippen molar-refractivity contribution in [1.82, 2.24) is 10.2 Å². The number of carboxylic acid groups (broad SMARTS) is 1. The highest BCUT2D eigenvalue weighted by Crippen LogP contribution is 2.44. The third-order valence-electron chi connectivity index (χ3n) is 7.38. The van der Waals surface area contributed by atoms with E-state index in [0.29, 0.717) is 32.2 Å². The molecular weight excluding hydrogens is 444 g/mol. The number of ether oxygens (including phenoxy) is 1. The van der Waals surface area contributed by atoms with Crippen LogP contribution in [-0.4, -0.2) is 52.7 Å². The van der Waals surface area contributed by atoms with Crippen LogP contribution in [0.3, 0.4) is 0 Å². The van der Waals surface area contributed by atoms with Gasteiger partial charge in [0.25, 0.3) is 0 Å². The molecule has 0 spiro atoms. The van der Waals surface area contributed by atoms with Gasteiger partial charge in [-0.25, -0.2) is 9.59 Å².